The Labute approximate surface area is 116 Å². The first-order valence-corrected chi connectivity index (χ1v) is 6.94. The molecule has 0 aliphatic rings. The van der Waals surface area contributed by atoms with E-state index >= 15 is 0 Å². The Morgan fingerprint density at radius 1 is 1.33 bits per heavy atom. The summed E-state index contributed by atoms with van der Waals surface area (Å²) in [5.41, 5.74) is -0.139. The van der Waals surface area contributed by atoms with Crippen molar-refractivity contribution >= 4 is 21.9 Å². The van der Waals surface area contributed by atoms with E-state index in [1.54, 1.807) is 6.92 Å². The summed E-state index contributed by atoms with van der Waals surface area (Å²) in [6.07, 6.45) is 1.37. The van der Waals surface area contributed by atoms with Gasteiger partial charge in [-0.1, -0.05) is 41.4 Å². The average molecular weight is 315 g/mol. The minimum absolute atomic E-state index is 0.235. The van der Waals surface area contributed by atoms with Crippen molar-refractivity contribution in [3.05, 3.63) is 34.3 Å². The second-order valence-electron chi connectivity index (χ2n) is 4.22. The van der Waals surface area contributed by atoms with Gasteiger partial charge in [0.05, 0.1) is 13.2 Å². The summed E-state index contributed by atoms with van der Waals surface area (Å²) in [4.78, 5) is 12.2. The van der Waals surface area contributed by atoms with Crippen molar-refractivity contribution in [1.29, 1.82) is 0 Å². The van der Waals surface area contributed by atoms with Gasteiger partial charge in [0.25, 0.3) is 0 Å². The highest BCUT2D eigenvalue weighted by molar-refractivity contribution is 9.10. The molecule has 0 aromatic heterocycles. The van der Waals surface area contributed by atoms with E-state index in [2.05, 4.69) is 15.9 Å². The lowest BCUT2D eigenvalue weighted by Gasteiger charge is -2.29. The van der Waals surface area contributed by atoms with E-state index < -0.39 is 5.41 Å². The molecule has 0 bridgehead atoms. The molecule has 1 rings (SSSR count). The van der Waals surface area contributed by atoms with Crippen LogP contribution in [-0.4, -0.2) is 24.3 Å². The van der Waals surface area contributed by atoms with Gasteiger partial charge in [0.15, 0.2) is 0 Å². The SMILES string of the molecule is CCCC(CO)(C(=O)OCC)c1ccc(Br)cc1. The number of rotatable bonds is 6. The lowest BCUT2D eigenvalue weighted by atomic mass is 9.77. The second-order valence-corrected chi connectivity index (χ2v) is 5.13. The molecule has 0 aliphatic heterocycles. The van der Waals surface area contributed by atoms with Crippen LogP contribution in [0.1, 0.15) is 32.3 Å². The number of halogens is 1. The molecule has 18 heavy (non-hydrogen) atoms. The molecular weight excluding hydrogens is 296 g/mol. The lowest BCUT2D eigenvalue weighted by molar-refractivity contribution is -0.152. The molecule has 0 amide bonds. The third-order valence-corrected chi connectivity index (χ3v) is 3.54. The zero-order valence-corrected chi connectivity index (χ0v) is 12.4. The largest absolute Gasteiger partial charge is 0.465 e. The van der Waals surface area contributed by atoms with Gasteiger partial charge in [-0.3, -0.25) is 4.79 Å². The first-order valence-electron chi connectivity index (χ1n) is 6.14. The minimum atomic E-state index is -0.939. The van der Waals surface area contributed by atoms with Crippen LogP contribution in [0.25, 0.3) is 0 Å². The van der Waals surface area contributed by atoms with Crippen molar-refractivity contribution in [3.8, 4) is 0 Å². The van der Waals surface area contributed by atoms with Gasteiger partial charge in [0.1, 0.15) is 5.41 Å². The Kier molecular flexibility index (Phi) is 5.82. The third-order valence-electron chi connectivity index (χ3n) is 3.01. The van der Waals surface area contributed by atoms with Crippen LogP contribution in [-0.2, 0) is 14.9 Å². The van der Waals surface area contributed by atoms with E-state index in [0.29, 0.717) is 13.0 Å². The molecule has 0 fully saturated rings. The molecule has 4 heteroatoms. The van der Waals surface area contributed by atoms with Crippen LogP contribution in [0.3, 0.4) is 0 Å². The molecule has 3 nitrogen and oxygen atoms in total. The topological polar surface area (TPSA) is 46.5 Å². The maximum atomic E-state index is 12.2. The highest BCUT2D eigenvalue weighted by atomic mass is 79.9. The van der Waals surface area contributed by atoms with E-state index in [0.717, 1.165) is 16.5 Å². The Morgan fingerprint density at radius 2 is 1.94 bits per heavy atom. The predicted molar refractivity (Wildman–Crippen MR) is 74.4 cm³/mol. The Morgan fingerprint density at radius 3 is 2.39 bits per heavy atom. The van der Waals surface area contributed by atoms with E-state index in [-0.39, 0.29) is 12.6 Å². The maximum absolute atomic E-state index is 12.2. The highest BCUT2D eigenvalue weighted by Gasteiger charge is 2.40. The van der Waals surface area contributed by atoms with Crippen molar-refractivity contribution in [2.45, 2.75) is 32.1 Å². The number of aliphatic hydroxyl groups excluding tert-OH is 1. The molecule has 0 heterocycles. The first kappa shape index (κ1) is 15.2. The smallest absolute Gasteiger partial charge is 0.318 e. The molecule has 0 radical (unpaired) electrons. The Balaban J connectivity index is 3.17. The van der Waals surface area contributed by atoms with Gasteiger partial charge >= 0.3 is 5.97 Å². The number of hydrogen-bond donors (Lipinski definition) is 1. The van der Waals surface area contributed by atoms with Crippen molar-refractivity contribution in [1.82, 2.24) is 0 Å². The lowest BCUT2D eigenvalue weighted by Crippen LogP contribution is -2.41. The van der Waals surface area contributed by atoms with Crippen molar-refractivity contribution < 1.29 is 14.6 Å². The summed E-state index contributed by atoms with van der Waals surface area (Å²) >= 11 is 3.36. The zero-order chi connectivity index (χ0) is 13.6. The van der Waals surface area contributed by atoms with Gasteiger partial charge in [-0.15, -0.1) is 0 Å². The molecule has 1 N–H and O–H groups in total. The molecule has 0 saturated heterocycles. The van der Waals surface area contributed by atoms with Crippen molar-refractivity contribution in [2.75, 3.05) is 13.2 Å². The minimum Gasteiger partial charge on any atom is -0.465 e. The van der Waals surface area contributed by atoms with Gasteiger partial charge in [-0.2, -0.15) is 0 Å². The van der Waals surface area contributed by atoms with E-state index in [9.17, 15) is 9.90 Å². The maximum Gasteiger partial charge on any atom is 0.318 e. The molecule has 1 aromatic carbocycles. The van der Waals surface area contributed by atoms with Gasteiger partial charge in [-0.05, 0) is 31.0 Å². The summed E-state index contributed by atoms with van der Waals surface area (Å²) < 4.78 is 6.07. The normalized spacial score (nSPS) is 14.0. The summed E-state index contributed by atoms with van der Waals surface area (Å²) in [5, 5.41) is 9.71. The van der Waals surface area contributed by atoms with Crippen molar-refractivity contribution in [2.24, 2.45) is 0 Å². The number of benzene rings is 1. The second kappa shape index (κ2) is 6.90. The molecule has 1 atom stereocenters. The number of esters is 1. The van der Waals surface area contributed by atoms with Crippen LogP contribution in [0, 0.1) is 0 Å². The van der Waals surface area contributed by atoms with Gasteiger partial charge < -0.3 is 9.84 Å². The summed E-state index contributed by atoms with van der Waals surface area (Å²) in [6, 6.07) is 7.45. The number of carbonyl (C=O) groups excluding carboxylic acids is 1. The number of ether oxygens (including phenoxy) is 1. The summed E-state index contributed by atoms with van der Waals surface area (Å²) in [6.45, 7) is 3.85. The van der Waals surface area contributed by atoms with Crippen LogP contribution >= 0.6 is 15.9 Å². The Bertz CT molecular complexity index is 389. The fraction of sp³-hybridized carbons (Fsp3) is 0.500. The Hall–Kier alpha value is -0.870. The number of aliphatic hydroxyl groups is 1. The molecule has 1 aromatic rings. The van der Waals surface area contributed by atoms with Crippen LogP contribution in [0.2, 0.25) is 0 Å². The third kappa shape index (κ3) is 3.12. The number of carbonyl (C=O) groups is 1. The summed E-state index contributed by atoms with van der Waals surface area (Å²) in [7, 11) is 0. The van der Waals surface area contributed by atoms with Crippen LogP contribution in [0.5, 0.6) is 0 Å². The average Bonchev–Trinajstić information content (AvgIpc) is 2.37. The predicted octanol–water partition coefficient (Wildman–Crippen LogP) is 3.04. The molecule has 100 valence electrons. The molecule has 1 unspecified atom stereocenters. The molecule has 0 saturated carbocycles. The standard InChI is InChI=1S/C14H19BrO3/c1-3-9-14(10-16,13(17)18-4-2)11-5-7-12(15)8-6-11/h5-8,16H,3-4,9-10H2,1-2H3. The zero-order valence-electron chi connectivity index (χ0n) is 10.8. The van der Waals surface area contributed by atoms with Gasteiger partial charge in [0.2, 0.25) is 0 Å². The fourth-order valence-electron chi connectivity index (χ4n) is 2.06. The van der Waals surface area contributed by atoms with Gasteiger partial charge in [0, 0.05) is 4.47 Å². The summed E-state index contributed by atoms with van der Waals surface area (Å²) in [5.74, 6) is -0.350. The highest BCUT2D eigenvalue weighted by Crippen LogP contribution is 2.31. The van der Waals surface area contributed by atoms with Gasteiger partial charge in [-0.25, -0.2) is 0 Å². The monoisotopic (exact) mass is 314 g/mol. The van der Waals surface area contributed by atoms with Crippen LogP contribution in [0.15, 0.2) is 28.7 Å². The van der Waals surface area contributed by atoms with E-state index in [1.807, 2.05) is 31.2 Å². The fourth-order valence-corrected chi connectivity index (χ4v) is 2.33. The molecular formula is C14H19BrO3. The van der Waals surface area contributed by atoms with Crippen LogP contribution < -0.4 is 0 Å². The molecule has 0 aliphatic carbocycles. The number of hydrogen-bond acceptors (Lipinski definition) is 3. The first-order chi connectivity index (χ1) is 8.60. The van der Waals surface area contributed by atoms with Crippen LogP contribution in [0.4, 0.5) is 0 Å². The van der Waals surface area contributed by atoms with E-state index in [1.165, 1.54) is 0 Å². The quantitative estimate of drug-likeness (QED) is 0.821. The van der Waals surface area contributed by atoms with E-state index in [4.69, 9.17) is 4.74 Å². The molecule has 0 spiro atoms. The van der Waals surface area contributed by atoms with Crippen molar-refractivity contribution in [3.63, 3.8) is 0 Å².